The van der Waals surface area contributed by atoms with E-state index in [4.69, 9.17) is 0 Å². The van der Waals surface area contributed by atoms with Crippen molar-refractivity contribution in [2.45, 2.75) is 0 Å². The van der Waals surface area contributed by atoms with Crippen molar-refractivity contribution < 1.29 is 4.79 Å². The molecule has 2 aromatic rings. The van der Waals surface area contributed by atoms with Gasteiger partial charge in [0.05, 0.1) is 11.2 Å². The minimum Gasteiger partial charge on any atom is -0.359 e. The molecule has 1 aliphatic rings. The molecule has 1 aliphatic heterocycles. The molecule has 0 saturated heterocycles. The first-order valence-corrected chi connectivity index (χ1v) is 4.76. The van der Waals surface area contributed by atoms with Crippen LogP contribution in [0.15, 0.2) is 35.6 Å². The number of rotatable bonds is 1. The molecule has 1 N–H and O–H groups in total. The van der Waals surface area contributed by atoms with E-state index in [0.29, 0.717) is 0 Å². The molecule has 1 aromatic carbocycles. The summed E-state index contributed by atoms with van der Waals surface area (Å²) in [4.78, 5) is 21.6. The summed E-state index contributed by atoms with van der Waals surface area (Å²) in [6.07, 6.45) is 3.41. The summed E-state index contributed by atoms with van der Waals surface area (Å²) in [6, 6.07) is 7.35. The van der Waals surface area contributed by atoms with E-state index < -0.39 is 5.91 Å². The Morgan fingerprint density at radius 3 is 2.94 bits per heavy atom. The van der Waals surface area contributed by atoms with Gasteiger partial charge in [-0.15, -0.1) is 17.3 Å². The molecular weight excluding hydrogens is 242 g/mol. The van der Waals surface area contributed by atoms with E-state index in [-0.39, 0.29) is 18.1 Å². The van der Waals surface area contributed by atoms with Crippen LogP contribution in [0.25, 0.3) is 17.1 Å². The number of para-hydroxylation sites is 1. The molecule has 1 aromatic heterocycles. The maximum atomic E-state index is 11.3. The Morgan fingerprint density at radius 1 is 1.35 bits per heavy atom. The first-order valence-electron chi connectivity index (χ1n) is 4.76. The van der Waals surface area contributed by atoms with Crippen molar-refractivity contribution in [2.24, 2.45) is 5.18 Å². The number of aromatic nitrogens is 1. The summed E-state index contributed by atoms with van der Waals surface area (Å²) in [7, 11) is 0. The Kier molecular flexibility index (Phi) is 2.69. The minimum atomic E-state index is -0.756. The maximum absolute atomic E-state index is 11.3. The van der Waals surface area contributed by atoms with Gasteiger partial charge in [0.15, 0.2) is 0 Å². The molecule has 3 rings (SSSR count). The van der Waals surface area contributed by atoms with Crippen LogP contribution >= 0.6 is 12.4 Å². The van der Waals surface area contributed by atoms with E-state index in [9.17, 15) is 9.70 Å². The molecule has 0 atom stereocenters. The van der Waals surface area contributed by atoms with Gasteiger partial charge in [-0.1, -0.05) is 12.1 Å². The Bertz CT molecular complexity index is 645. The van der Waals surface area contributed by atoms with E-state index in [2.05, 4.69) is 10.5 Å². The predicted octanol–water partition coefficient (Wildman–Crippen LogP) is 2.82. The Labute approximate surface area is 102 Å². The van der Waals surface area contributed by atoms with E-state index in [1.165, 1.54) is 0 Å². The minimum absolute atomic E-state index is 0. The molecule has 0 fully saturated rings. The van der Waals surface area contributed by atoms with Crippen LogP contribution in [-0.4, -0.2) is 10.5 Å². The van der Waals surface area contributed by atoms with Gasteiger partial charge in [-0.05, 0) is 12.1 Å². The molecule has 86 valence electrons. The molecular formula is C11H8ClN3O2. The smallest absolute Gasteiger partial charge is 0.333 e. The lowest BCUT2D eigenvalue weighted by molar-refractivity contribution is 0.0995. The number of amides is 1. The van der Waals surface area contributed by atoms with Crippen molar-refractivity contribution in [3.63, 3.8) is 0 Å². The Morgan fingerprint density at radius 2 is 2.18 bits per heavy atom. The van der Waals surface area contributed by atoms with Crippen molar-refractivity contribution >= 4 is 41.1 Å². The lowest BCUT2D eigenvalue weighted by atomic mass is 10.2. The fraction of sp³-hybridized carbons (Fsp3) is 0. The quantitative estimate of drug-likeness (QED) is 0.791. The number of halogens is 1. The number of nitroso groups, excluding NO2 is 1. The monoisotopic (exact) mass is 249 g/mol. The molecule has 0 aliphatic carbocycles. The first kappa shape index (κ1) is 11.3. The molecule has 1 amide bonds. The van der Waals surface area contributed by atoms with E-state index in [0.717, 1.165) is 16.6 Å². The molecule has 0 radical (unpaired) electrons. The summed E-state index contributed by atoms with van der Waals surface area (Å²) < 4.78 is 1.67. The number of anilines is 1. The number of nitrogens with one attached hydrogen (secondary N) is 1. The lowest BCUT2D eigenvalue weighted by Gasteiger charge is -2.12. The molecule has 0 unspecified atom stereocenters. The zero-order valence-electron chi connectivity index (χ0n) is 8.58. The van der Waals surface area contributed by atoms with Crippen molar-refractivity contribution in [3.8, 4) is 0 Å². The highest BCUT2D eigenvalue weighted by molar-refractivity contribution is 6.04. The standard InChI is InChI=1S/C11H7N3O2.ClH/c15-11(13-16)9-6-7-2-1-3-8-10(7)14(9)5-4-12-8;/h1-6,12H;1H. The van der Waals surface area contributed by atoms with Crippen molar-refractivity contribution in [1.82, 2.24) is 4.57 Å². The Balaban J connectivity index is 0.00000108. The van der Waals surface area contributed by atoms with Crippen molar-refractivity contribution in [1.29, 1.82) is 0 Å². The van der Waals surface area contributed by atoms with Gasteiger partial charge in [-0.2, -0.15) is 0 Å². The third kappa shape index (κ3) is 1.52. The highest BCUT2D eigenvalue weighted by Crippen LogP contribution is 2.30. The summed E-state index contributed by atoms with van der Waals surface area (Å²) in [5.41, 5.74) is 2.08. The zero-order chi connectivity index (χ0) is 11.1. The third-order valence-corrected chi connectivity index (χ3v) is 2.62. The Hall–Kier alpha value is -2.14. The fourth-order valence-electron chi connectivity index (χ4n) is 1.97. The molecule has 5 nitrogen and oxygen atoms in total. The summed E-state index contributed by atoms with van der Waals surface area (Å²) >= 11 is 0. The molecule has 6 heteroatoms. The van der Waals surface area contributed by atoms with Crippen LogP contribution in [0.5, 0.6) is 0 Å². The van der Waals surface area contributed by atoms with Gasteiger partial charge < -0.3 is 9.88 Å². The second-order valence-corrected chi connectivity index (χ2v) is 3.50. The molecule has 0 saturated carbocycles. The fourth-order valence-corrected chi connectivity index (χ4v) is 1.97. The summed E-state index contributed by atoms with van der Waals surface area (Å²) in [6.45, 7) is 0. The van der Waals surface area contributed by atoms with E-state index in [1.807, 2.05) is 18.2 Å². The summed E-state index contributed by atoms with van der Waals surface area (Å²) in [5.74, 6) is -0.756. The van der Waals surface area contributed by atoms with Crippen LogP contribution in [0.3, 0.4) is 0 Å². The number of hydrogen-bond acceptors (Lipinski definition) is 3. The number of benzene rings is 1. The lowest BCUT2D eigenvalue weighted by Crippen LogP contribution is -2.05. The van der Waals surface area contributed by atoms with Gasteiger partial charge in [0.25, 0.3) is 0 Å². The van der Waals surface area contributed by atoms with E-state index >= 15 is 0 Å². The van der Waals surface area contributed by atoms with Crippen molar-refractivity contribution in [3.05, 3.63) is 41.1 Å². The van der Waals surface area contributed by atoms with Crippen LogP contribution in [-0.2, 0) is 0 Å². The highest BCUT2D eigenvalue weighted by Gasteiger charge is 2.18. The van der Waals surface area contributed by atoms with Crippen molar-refractivity contribution in [2.75, 3.05) is 5.32 Å². The van der Waals surface area contributed by atoms with E-state index in [1.54, 1.807) is 23.0 Å². The number of carbonyl (C=O) groups is 1. The SMILES string of the molecule is Cl.O=NC(=O)c1cc2cccc3c2n1C=CN3. The van der Waals surface area contributed by atoms with Gasteiger partial charge in [0.2, 0.25) is 0 Å². The second-order valence-electron chi connectivity index (χ2n) is 3.50. The van der Waals surface area contributed by atoms with Crippen LogP contribution in [0.1, 0.15) is 10.5 Å². The highest BCUT2D eigenvalue weighted by atomic mass is 35.5. The number of hydrogen-bond donors (Lipinski definition) is 1. The van der Waals surface area contributed by atoms with Gasteiger partial charge >= 0.3 is 5.91 Å². The van der Waals surface area contributed by atoms with Gasteiger partial charge in [0, 0.05) is 23.0 Å². The van der Waals surface area contributed by atoms with Gasteiger partial charge in [-0.25, -0.2) is 0 Å². The maximum Gasteiger partial charge on any atom is 0.333 e. The average molecular weight is 250 g/mol. The van der Waals surface area contributed by atoms with Crippen LogP contribution < -0.4 is 5.32 Å². The van der Waals surface area contributed by atoms with Crippen LogP contribution in [0.4, 0.5) is 5.69 Å². The van der Waals surface area contributed by atoms with Gasteiger partial charge in [-0.3, -0.25) is 4.79 Å². The zero-order valence-corrected chi connectivity index (χ0v) is 9.40. The second kappa shape index (κ2) is 4.03. The number of nitrogens with zero attached hydrogens (tertiary/aromatic N) is 2. The largest absolute Gasteiger partial charge is 0.359 e. The average Bonchev–Trinajstić information content (AvgIpc) is 2.70. The summed E-state index contributed by atoms with van der Waals surface area (Å²) in [5, 5.41) is 6.43. The first-order chi connectivity index (χ1) is 7.81. The van der Waals surface area contributed by atoms with Gasteiger partial charge in [0.1, 0.15) is 5.69 Å². The normalized spacial score (nSPS) is 11.8. The molecule has 0 bridgehead atoms. The third-order valence-electron chi connectivity index (χ3n) is 2.62. The van der Waals surface area contributed by atoms with Crippen LogP contribution in [0, 0.1) is 4.91 Å². The molecule has 0 spiro atoms. The number of carbonyl (C=O) groups excluding carboxylic acids is 1. The van der Waals surface area contributed by atoms with Crippen LogP contribution in [0.2, 0.25) is 0 Å². The topological polar surface area (TPSA) is 63.5 Å². The predicted molar refractivity (Wildman–Crippen MR) is 68.3 cm³/mol. The molecule has 17 heavy (non-hydrogen) atoms. The molecule has 2 heterocycles.